The van der Waals surface area contributed by atoms with E-state index < -0.39 is 30.3 Å². The molecule has 226 valence electrons. The number of benzene rings is 1. The van der Waals surface area contributed by atoms with Crippen molar-refractivity contribution >= 4 is 24.0 Å². The molecule has 0 radical (unpaired) electrons. The maximum Gasteiger partial charge on any atom is 0.490 e. The molecule has 0 saturated heterocycles. The Hall–Kier alpha value is -3.13. The molecule has 0 amide bonds. The van der Waals surface area contributed by atoms with Crippen LogP contribution in [-0.4, -0.2) is 70.3 Å². The summed E-state index contributed by atoms with van der Waals surface area (Å²) >= 11 is 0. The second-order valence-electron chi connectivity index (χ2n) is 9.52. The molecular weight excluding hydrogens is 550 g/mol. The van der Waals surface area contributed by atoms with E-state index in [9.17, 15) is 31.1 Å². The smallest absolute Gasteiger partial charge is 0.481 e. The highest BCUT2D eigenvalue weighted by Crippen LogP contribution is 2.39. The number of carbonyl (C=O) groups is 3. The second kappa shape index (κ2) is 16.2. The zero-order valence-corrected chi connectivity index (χ0v) is 21.8. The quantitative estimate of drug-likeness (QED) is 0.200. The Morgan fingerprint density at radius 2 is 1.35 bits per heavy atom. The monoisotopic (exact) mass is 584 g/mol. The minimum atomic E-state index is -5.08. The maximum atomic E-state index is 10.6. The molecule has 14 heteroatoms. The van der Waals surface area contributed by atoms with Crippen molar-refractivity contribution in [2.24, 2.45) is 5.92 Å². The van der Waals surface area contributed by atoms with Gasteiger partial charge in [0.25, 0.3) is 0 Å². The second-order valence-corrected chi connectivity index (χ2v) is 9.52. The van der Waals surface area contributed by atoms with Gasteiger partial charge in [0.05, 0.1) is 0 Å². The minimum Gasteiger partial charge on any atom is -0.481 e. The normalized spacial score (nSPS) is 22.6. The number of hydrogen-bond donors (Lipinski definition) is 5. The van der Waals surface area contributed by atoms with Crippen LogP contribution in [0.3, 0.4) is 0 Å². The van der Waals surface area contributed by atoms with E-state index in [2.05, 4.69) is 54.0 Å². The Bertz CT molecular complexity index is 952. The van der Waals surface area contributed by atoms with Gasteiger partial charge in [-0.15, -0.1) is 0 Å². The van der Waals surface area contributed by atoms with Gasteiger partial charge < -0.3 is 26.0 Å². The van der Waals surface area contributed by atoms with Crippen LogP contribution in [0.25, 0.3) is 6.08 Å². The Morgan fingerprint density at radius 1 is 0.875 bits per heavy atom. The van der Waals surface area contributed by atoms with Gasteiger partial charge in [-0.2, -0.15) is 26.3 Å². The molecule has 0 unspecified atom stereocenters. The lowest BCUT2D eigenvalue weighted by molar-refractivity contribution is -0.193. The summed E-state index contributed by atoms with van der Waals surface area (Å²) in [5.41, 5.74) is 2.78. The van der Waals surface area contributed by atoms with Crippen molar-refractivity contribution in [2.45, 2.75) is 82.3 Å². The van der Waals surface area contributed by atoms with Crippen molar-refractivity contribution in [3.8, 4) is 0 Å². The predicted molar refractivity (Wildman–Crippen MR) is 133 cm³/mol. The first kappa shape index (κ1) is 34.9. The van der Waals surface area contributed by atoms with Gasteiger partial charge in [-0.25, -0.2) is 9.59 Å². The molecule has 8 nitrogen and oxygen atoms in total. The molecule has 0 heterocycles. The van der Waals surface area contributed by atoms with E-state index in [1.54, 1.807) is 0 Å². The highest BCUT2D eigenvalue weighted by molar-refractivity contribution is 5.73. The Morgan fingerprint density at radius 3 is 1.80 bits per heavy atom. The van der Waals surface area contributed by atoms with Crippen LogP contribution < -0.4 is 10.6 Å². The molecule has 40 heavy (non-hydrogen) atoms. The summed E-state index contributed by atoms with van der Waals surface area (Å²) in [4.78, 5) is 28.3. The molecule has 0 aliphatic heterocycles. The van der Waals surface area contributed by atoms with Crippen molar-refractivity contribution in [2.75, 3.05) is 6.54 Å². The molecule has 1 aromatic rings. The van der Waals surface area contributed by atoms with Gasteiger partial charge in [0.2, 0.25) is 0 Å². The largest absolute Gasteiger partial charge is 0.490 e. The van der Waals surface area contributed by atoms with Crippen LogP contribution in [0.4, 0.5) is 26.3 Å². The Labute approximate surface area is 227 Å². The summed E-state index contributed by atoms with van der Waals surface area (Å²) in [5, 5.41) is 30.3. The zero-order chi connectivity index (χ0) is 30.5. The number of hydrogen-bond acceptors (Lipinski definition) is 5. The number of halogens is 6. The van der Waals surface area contributed by atoms with E-state index in [1.807, 2.05) is 0 Å². The van der Waals surface area contributed by atoms with Gasteiger partial charge in [-0.1, -0.05) is 42.0 Å². The number of aliphatic carboxylic acids is 3. The fraction of sp³-hybridized carbons (Fsp3) is 0.577. The molecule has 0 spiro atoms. The molecule has 1 aromatic carbocycles. The fourth-order valence-electron chi connectivity index (χ4n) is 4.11. The third kappa shape index (κ3) is 14.9. The molecule has 2 aliphatic carbocycles. The van der Waals surface area contributed by atoms with Crippen molar-refractivity contribution in [3.05, 3.63) is 41.5 Å². The number of alkyl halides is 6. The first-order valence-corrected chi connectivity index (χ1v) is 12.5. The molecule has 0 aromatic heterocycles. The number of nitrogens with one attached hydrogen (secondary N) is 2. The number of carboxylic acid groups (broad SMARTS) is 3. The van der Waals surface area contributed by atoms with E-state index in [0.29, 0.717) is 24.0 Å². The van der Waals surface area contributed by atoms with Crippen LogP contribution in [0, 0.1) is 5.92 Å². The van der Waals surface area contributed by atoms with Crippen LogP contribution in [0.1, 0.15) is 57.4 Å². The van der Waals surface area contributed by atoms with Crippen LogP contribution >= 0.6 is 0 Å². The lowest BCUT2D eigenvalue weighted by atomic mass is 9.91. The third-order valence-corrected chi connectivity index (χ3v) is 6.23. The van der Waals surface area contributed by atoms with Gasteiger partial charge in [-0.3, -0.25) is 4.79 Å². The van der Waals surface area contributed by atoms with Gasteiger partial charge in [0, 0.05) is 24.5 Å². The highest BCUT2D eigenvalue weighted by Gasteiger charge is 2.40. The Balaban J connectivity index is 0.000000473. The average molecular weight is 585 g/mol. The highest BCUT2D eigenvalue weighted by atomic mass is 19.4. The number of rotatable bonds is 9. The first-order valence-electron chi connectivity index (χ1n) is 12.5. The van der Waals surface area contributed by atoms with E-state index in [4.69, 9.17) is 24.9 Å². The molecule has 0 bridgehead atoms. The number of carboxylic acids is 3. The first-order chi connectivity index (χ1) is 18.5. The van der Waals surface area contributed by atoms with Gasteiger partial charge in [0.15, 0.2) is 0 Å². The van der Waals surface area contributed by atoms with Gasteiger partial charge in [-0.05, 0) is 63.5 Å². The molecule has 5 N–H and O–H groups in total. The van der Waals surface area contributed by atoms with Crippen molar-refractivity contribution in [3.63, 3.8) is 0 Å². The summed E-state index contributed by atoms with van der Waals surface area (Å²) in [6, 6.07) is 12.4. The van der Waals surface area contributed by atoms with E-state index in [0.717, 1.165) is 13.0 Å². The topological polar surface area (TPSA) is 136 Å². The molecule has 3 rings (SSSR count). The SMILES string of the molecule is C/C(=C\c1ccccc1)[C@@H]1C[C@H]1N[C@H]1CC[C@H](NCCCC(=O)O)CC1.O=C(O)C(F)(F)F.O=C(O)C(F)(F)F. The summed E-state index contributed by atoms with van der Waals surface area (Å²) in [6.45, 7) is 3.08. The van der Waals surface area contributed by atoms with Crippen LogP contribution in [-0.2, 0) is 14.4 Å². The average Bonchev–Trinajstić information content (AvgIpc) is 3.62. The predicted octanol–water partition coefficient (Wildman–Crippen LogP) is 5.10. The van der Waals surface area contributed by atoms with Crippen LogP contribution in [0.2, 0.25) is 0 Å². The zero-order valence-electron chi connectivity index (χ0n) is 21.8. The van der Waals surface area contributed by atoms with E-state index in [1.165, 1.54) is 43.2 Å². The van der Waals surface area contributed by atoms with E-state index in [-0.39, 0.29) is 6.42 Å². The standard InChI is InChI=1S/C22H32N2O2.2C2HF3O2/c1-16(14-17-6-3-2-4-7-17)20-15-21(20)24-19-11-9-18(10-12-19)23-13-5-8-22(25)26;2*3-2(4,5)1(6)7/h2-4,6-7,14,18-21,23-24H,5,8-13,15H2,1H3,(H,25,26);2*(H,6,7)/b16-14+;;/t18-,19-,20-,21+;;/m0../s1. The van der Waals surface area contributed by atoms with Crippen molar-refractivity contribution < 1.29 is 56.0 Å². The van der Waals surface area contributed by atoms with E-state index >= 15 is 0 Å². The van der Waals surface area contributed by atoms with Crippen molar-refractivity contribution in [1.29, 1.82) is 0 Å². The summed E-state index contributed by atoms with van der Waals surface area (Å²) < 4.78 is 63.5. The van der Waals surface area contributed by atoms with Crippen LogP contribution in [0.5, 0.6) is 0 Å². The third-order valence-electron chi connectivity index (χ3n) is 6.23. The van der Waals surface area contributed by atoms with Crippen molar-refractivity contribution in [1.82, 2.24) is 10.6 Å². The lowest BCUT2D eigenvalue weighted by Crippen LogP contribution is -2.41. The van der Waals surface area contributed by atoms with Gasteiger partial charge in [0.1, 0.15) is 0 Å². The minimum absolute atomic E-state index is 0.267. The molecule has 2 fully saturated rings. The lowest BCUT2D eigenvalue weighted by Gasteiger charge is -2.30. The Kier molecular flexibility index (Phi) is 14.1. The fourth-order valence-corrected chi connectivity index (χ4v) is 4.11. The molecule has 2 atom stereocenters. The summed E-state index contributed by atoms with van der Waals surface area (Å²) in [7, 11) is 0. The van der Waals surface area contributed by atoms with Gasteiger partial charge >= 0.3 is 30.3 Å². The van der Waals surface area contributed by atoms with Crippen LogP contribution in [0.15, 0.2) is 35.9 Å². The molecule has 2 aliphatic rings. The molecular formula is C26H34F6N2O6. The maximum absolute atomic E-state index is 10.6. The molecule has 2 saturated carbocycles. The summed E-state index contributed by atoms with van der Waals surface area (Å²) in [5.74, 6) is -5.52. The summed E-state index contributed by atoms with van der Waals surface area (Å²) in [6.07, 6.45) is -0.746.